The zero-order valence-corrected chi connectivity index (χ0v) is 24.4. The van der Waals surface area contributed by atoms with Gasteiger partial charge in [0.1, 0.15) is 6.10 Å². The van der Waals surface area contributed by atoms with Crippen molar-refractivity contribution in [3.8, 4) is 0 Å². The highest BCUT2D eigenvalue weighted by atomic mass is 16.6. The molecule has 0 aliphatic heterocycles. The third kappa shape index (κ3) is 3.91. The Labute approximate surface area is 224 Å². The van der Waals surface area contributed by atoms with Crippen molar-refractivity contribution in [1.82, 2.24) is 0 Å². The molecule has 0 bridgehead atoms. The molecule has 3 N–H and O–H groups in total. The summed E-state index contributed by atoms with van der Waals surface area (Å²) < 4.78 is 6.13. The van der Waals surface area contributed by atoms with Gasteiger partial charge in [0, 0.05) is 18.3 Å². The zero-order chi connectivity index (χ0) is 27.2. The van der Waals surface area contributed by atoms with Gasteiger partial charge in [-0.3, -0.25) is 4.79 Å². The lowest BCUT2D eigenvalue weighted by Crippen LogP contribution is -2.67. The fourth-order valence-corrected chi connectivity index (χ4v) is 10.7. The summed E-state index contributed by atoms with van der Waals surface area (Å²) in [5.74, 6) is 2.35. The minimum absolute atomic E-state index is 0.0619. The summed E-state index contributed by atoms with van der Waals surface area (Å²) in [6.45, 7) is 17.9. The first kappa shape index (κ1) is 27.6. The second kappa shape index (κ2) is 9.06. The third-order valence-electron chi connectivity index (χ3n) is 13.2. The summed E-state index contributed by atoms with van der Waals surface area (Å²) in [6.07, 6.45) is 4.91. The highest BCUT2D eigenvalue weighted by molar-refractivity contribution is 5.66. The number of hydrogen-bond acceptors (Lipinski definition) is 5. The fraction of sp³-hybridized carbons (Fsp3) is 0.906. The summed E-state index contributed by atoms with van der Waals surface area (Å²) in [5.41, 5.74) is 0.733. The maximum absolute atomic E-state index is 12.5. The number of fused-ring (bicyclic) bond motifs is 5. The first-order valence-electron chi connectivity index (χ1n) is 15.1. The van der Waals surface area contributed by atoms with Crippen LogP contribution in [0.3, 0.4) is 0 Å². The summed E-state index contributed by atoms with van der Waals surface area (Å²) in [7, 11) is 0. The number of esters is 1. The van der Waals surface area contributed by atoms with Crippen molar-refractivity contribution in [1.29, 1.82) is 0 Å². The first-order chi connectivity index (χ1) is 17.2. The second-order valence-electron chi connectivity index (χ2n) is 15.0. The molecule has 0 aromatic carbocycles. The van der Waals surface area contributed by atoms with Crippen LogP contribution in [0.1, 0.15) is 93.9 Å². The van der Waals surface area contributed by atoms with Crippen LogP contribution in [0, 0.1) is 63.6 Å². The van der Waals surface area contributed by atoms with Gasteiger partial charge in [-0.05, 0) is 90.8 Å². The number of ether oxygens (including phenoxy) is 1. The Morgan fingerprint density at radius 3 is 2.32 bits per heavy atom. The molecule has 37 heavy (non-hydrogen) atoms. The van der Waals surface area contributed by atoms with Gasteiger partial charge >= 0.3 is 5.97 Å². The molecule has 7 unspecified atom stereocenters. The number of rotatable bonds is 5. The molecular formula is C32H52O5. The molecule has 5 aliphatic carbocycles. The molecule has 5 rings (SSSR count). The van der Waals surface area contributed by atoms with Crippen molar-refractivity contribution in [2.24, 2.45) is 63.6 Å². The van der Waals surface area contributed by atoms with Crippen LogP contribution in [0.2, 0.25) is 0 Å². The number of hydrogen-bond donors (Lipinski definition) is 3. The third-order valence-corrected chi connectivity index (χ3v) is 13.2. The van der Waals surface area contributed by atoms with Crippen LogP contribution in [0.5, 0.6) is 0 Å². The first-order valence-corrected chi connectivity index (χ1v) is 15.1. The molecule has 0 spiro atoms. The zero-order valence-electron chi connectivity index (χ0n) is 24.4. The quantitative estimate of drug-likeness (QED) is 0.338. The van der Waals surface area contributed by atoms with Crippen LogP contribution in [-0.4, -0.2) is 45.7 Å². The van der Waals surface area contributed by atoms with E-state index in [2.05, 4.69) is 48.5 Å². The molecule has 4 saturated carbocycles. The molecular weight excluding hydrogens is 464 g/mol. The molecule has 0 amide bonds. The topological polar surface area (TPSA) is 87.0 Å². The van der Waals surface area contributed by atoms with Gasteiger partial charge in [-0.2, -0.15) is 0 Å². The van der Waals surface area contributed by atoms with Crippen LogP contribution >= 0.6 is 0 Å². The Kier molecular flexibility index (Phi) is 6.77. The van der Waals surface area contributed by atoms with E-state index in [-0.39, 0.29) is 34.6 Å². The largest absolute Gasteiger partial charge is 0.459 e. The molecule has 0 aromatic heterocycles. The predicted octanol–water partition coefficient (Wildman–Crippen LogP) is 5.36. The Bertz CT molecular complexity index is 943. The minimum Gasteiger partial charge on any atom is -0.459 e. The lowest BCUT2D eigenvalue weighted by molar-refractivity contribution is -0.231. The van der Waals surface area contributed by atoms with Crippen LogP contribution in [-0.2, 0) is 9.53 Å². The van der Waals surface area contributed by atoms with E-state index in [4.69, 9.17) is 4.74 Å². The Morgan fingerprint density at radius 2 is 1.70 bits per heavy atom. The molecule has 210 valence electrons. The molecule has 0 aromatic rings. The lowest BCUT2D eigenvalue weighted by Gasteiger charge is -2.63. The van der Waals surface area contributed by atoms with Crippen molar-refractivity contribution in [3.63, 3.8) is 0 Å². The molecule has 0 radical (unpaired) electrons. The van der Waals surface area contributed by atoms with E-state index in [0.717, 1.165) is 24.8 Å². The molecule has 4 fully saturated rings. The highest BCUT2D eigenvalue weighted by Gasteiger charge is 2.70. The van der Waals surface area contributed by atoms with E-state index in [1.54, 1.807) is 0 Å². The Morgan fingerprint density at radius 1 is 1.03 bits per heavy atom. The normalized spacial score (nSPS) is 52.4. The van der Waals surface area contributed by atoms with Gasteiger partial charge in [-0.15, -0.1) is 0 Å². The van der Waals surface area contributed by atoms with Gasteiger partial charge in [0.2, 0.25) is 0 Å². The van der Waals surface area contributed by atoms with E-state index < -0.39 is 24.4 Å². The molecule has 0 saturated heterocycles. The minimum atomic E-state index is -0.832. The summed E-state index contributed by atoms with van der Waals surface area (Å²) in [6, 6.07) is 0. The smallest absolute Gasteiger partial charge is 0.303 e. The van der Waals surface area contributed by atoms with Crippen LogP contribution < -0.4 is 0 Å². The molecule has 0 heterocycles. The van der Waals surface area contributed by atoms with Gasteiger partial charge in [0.25, 0.3) is 0 Å². The van der Waals surface area contributed by atoms with E-state index in [1.807, 2.05) is 6.08 Å². The van der Waals surface area contributed by atoms with Crippen molar-refractivity contribution in [3.05, 3.63) is 11.6 Å². The lowest BCUT2D eigenvalue weighted by atomic mass is 9.44. The SMILES string of the molecule is CC(=O)O[C@@H]1C(O)C2C(C(O)C=C3C[C@@H](O)CC[C@@]32C)C2CC[C@H](C(C)[C@H]3C[C@]3(C)C(C)C(C)C)[C@]21C. The second-order valence-corrected chi connectivity index (χ2v) is 15.0. The fourth-order valence-electron chi connectivity index (χ4n) is 10.7. The number of carbonyl (C=O) groups excluding carboxylic acids is 1. The van der Waals surface area contributed by atoms with Crippen LogP contribution in [0.15, 0.2) is 11.6 Å². The van der Waals surface area contributed by atoms with Gasteiger partial charge in [0.05, 0.1) is 18.3 Å². The van der Waals surface area contributed by atoms with E-state index in [1.165, 1.54) is 13.3 Å². The average Bonchev–Trinajstić information content (AvgIpc) is 3.39. The van der Waals surface area contributed by atoms with E-state index >= 15 is 0 Å². The van der Waals surface area contributed by atoms with E-state index in [9.17, 15) is 20.1 Å². The Balaban J connectivity index is 1.53. The van der Waals surface area contributed by atoms with Gasteiger partial charge < -0.3 is 20.1 Å². The summed E-state index contributed by atoms with van der Waals surface area (Å²) in [5, 5.41) is 34.1. The van der Waals surface area contributed by atoms with E-state index in [0.29, 0.717) is 47.8 Å². The summed E-state index contributed by atoms with van der Waals surface area (Å²) in [4.78, 5) is 12.5. The van der Waals surface area contributed by atoms with Crippen molar-refractivity contribution in [2.75, 3.05) is 0 Å². The van der Waals surface area contributed by atoms with Gasteiger partial charge in [-0.1, -0.05) is 60.1 Å². The molecule has 14 atom stereocenters. The average molecular weight is 517 g/mol. The number of aliphatic hydroxyl groups excluding tert-OH is 3. The molecule has 5 heteroatoms. The Hall–Kier alpha value is -0.910. The monoisotopic (exact) mass is 516 g/mol. The van der Waals surface area contributed by atoms with Crippen molar-refractivity contribution < 1.29 is 24.9 Å². The van der Waals surface area contributed by atoms with Gasteiger partial charge in [-0.25, -0.2) is 0 Å². The molecule has 5 nitrogen and oxygen atoms in total. The van der Waals surface area contributed by atoms with Crippen molar-refractivity contribution >= 4 is 5.97 Å². The maximum Gasteiger partial charge on any atom is 0.303 e. The maximum atomic E-state index is 12.5. The number of aliphatic hydroxyl groups is 3. The van der Waals surface area contributed by atoms with Gasteiger partial charge in [0.15, 0.2) is 0 Å². The summed E-state index contributed by atoms with van der Waals surface area (Å²) >= 11 is 0. The molecule has 5 aliphatic rings. The highest BCUT2D eigenvalue weighted by Crippen LogP contribution is 2.71. The standard InChI is InChI=1S/C32H52O5/c1-16(2)18(4)31(7)15-24(31)17(3)22-9-10-23-26-25(35)14-20-13-21(34)11-12-30(20,6)27(26)28(36)29(32(22,23)8)37-19(5)33/h14,16-18,21-29,34-36H,9-13,15H2,1-8H3/t17?,18?,21-,22+,23?,24+,25?,26?,27?,28?,29+,30-,31+,32+/m0/s1. The van der Waals surface area contributed by atoms with Crippen LogP contribution in [0.25, 0.3) is 0 Å². The number of carbonyl (C=O) groups is 1. The predicted molar refractivity (Wildman–Crippen MR) is 144 cm³/mol. The van der Waals surface area contributed by atoms with Crippen LogP contribution in [0.4, 0.5) is 0 Å². The van der Waals surface area contributed by atoms with Crippen molar-refractivity contribution in [2.45, 2.75) is 118 Å².